The molecule has 326 valence electrons. The second-order valence-electron chi connectivity index (χ2n) is 11.5. The van der Waals surface area contributed by atoms with Crippen molar-refractivity contribution >= 4 is 59.5 Å². The van der Waals surface area contributed by atoms with E-state index in [1.807, 2.05) is 13.8 Å². The minimum atomic E-state index is -0.833. The molecule has 0 spiro atoms. The van der Waals surface area contributed by atoms with Gasteiger partial charge in [-0.1, -0.05) is 0 Å². The molecule has 0 radical (unpaired) electrons. The number of aliphatic imine (C=N–C) groups is 3. The number of halogens is 2. The normalized spacial score (nSPS) is 12.4. The summed E-state index contributed by atoms with van der Waals surface area (Å²) in [5.74, 6) is -3.74. The van der Waals surface area contributed by atoms with Gasteiger partial charge in [0.2, 0.25) is 5.91 Å². The number of ether oxygens (including phenoxy) is 1. The average Bonchev–Trinajstić information content (AvgIpc) is 3.54. The standard InChI is InChI=1S/C10H21N3O2.C8H17N3.C6H7NO4.C4H5NO3.C3H7NO.C2H4O2.2ClH/c1-5-11-10(15-9(2)14)12-7-6-8-13(3)4;1-4-9-8-10-6-5-7-11(2)3;1-4(8)11-7-5(9)2-3-6(7)10;6-3-1-2-4(7)5(3)8;1-3(5)4-2;1-2(3)4;;/h5-8H2,1-4H3,(H,11,12);4-7H2,1-3H3;2-3H2,1H3;8H,1-2H2;1-2H3,(H,4,5);1H3,(H,3,4);2*1H. The van der Waals surface area contributed by atoms with Crippen LogP contribution in [0.15, 0.2) is 15.0 Å². The quantitative estimate of drug-likeness (QED) is 0.0282. The van der Waals surface area contributed by atoms with E-state index in [1.165, 1.54) is 23.6 Å². The Kier molecular flexibility index (Phi) is 47.1. The van der Waals surface area contributed by atoms with Crippen LogP contribution in [0.25, 0.3) is 0 Å². The number of hydrogen-bond acceptors (Lipinski definition) is 14. The first kappa shape index (κ1) is 63.4. The van der Waals surface area contributed by atoms with Gasteiger partial charge in [-0.3, -0.25) is 38.8 Å². The first-order valence-corrected chi connectivity index (χ1v) is 17.3. The third-order valence-electron chi connectivity index (χ3n) is 5.51. The molecule has 0 atom stereocenters. The number of quaternary nitrogens is 2. The van der Waals surface area contributed by atoms with Gasteiger partial charge in [-0.05, 0) is 13.8 Å². The summed E-state index contributed by atoms with van der Waals surface area (Å²) in [6, 6.07) is 2.98. The van der Waals surface area contributed by atoms with Gasteiger partial charge < -0.3 is 59.9 Å². The van der Waals surface area contributed by atoms with Crippen LogP contribution in [0.1, 0.15) is 80.1 Å². The summed E-state index contributed by atoms with van der Waals surface area (Å²) < 4.78 is 4.89. The minimum Gasteiger partial charge on any atom is -1.00 e. The fourth-order valence-corrected chi connectivity index (χ4v) is 3.06. The van der Waals surface area contributed by atoms with Crippen LogP contribution in [0.5, 0.6) is 0 Å². The van der Waals surface area contributed by atoms with Gasteiger partial charge in [0.15, 0.2) is 0 Å². The molecule has 56 heavy (non-hydrogen) atoms. The predicted octanol–water partition coefficient (Wildman–Crippen LogP) is -8.25. The number of rotatable bonds is 11. The number of carboxylic acids is 1. The van der Waals surface area contributed by atoms with Gasteiger partial charge in [0.05, 0.1) is 53.8 Å². The molecule has 2 aliphatic rings. The van der Waals surface area contributed by atoms with Crippen LogP contribution in [0.3, 0.4) is 0 Å². The van der Waals surface area contributed by atoms with Gasteiger partial charge >= 0.3 is 11.9 Å². The van der Waals surface area contributed by atoms with Crippen molar-refractivity contribution in [2.24, 2.45) is 15.0 Å². The first-order valence-electron chi connectivity index (χ1n) is 17.3. The Morgan fingerprint density at radius 3 is 1.48 bits per heavy atom. The third kappa shape index (κ3) is 47.5. The van der Waals surface area contributed by atoms with Crippen LogP contribution in [-0.4, -0.2) is 154 Å². The maximum absolute atomic E-state index is 10.7. The lowest BCUT2D eigenvalue weighted by Gasteiger charge is -2.09. The number of carbonyl (C=O) groups excluding carboxylic acids is 7. The Labute approximate surface area is 342 Å². The van der Waals surface area contributed by atoms with Gasteiger partial charge in [-0.15, -0.1) is 5.06 Å². The lowest BCUT2D eigenvalue weighted by molar-refractivity contribution is -0.858. The third-order valence-corrected chi connectivity index (χ3v) is 5.51. The van der Waals surface area contributed by atoms with E-state index in [-0.39, 0.29) is 67.4 Å². The minimum absolute atomic E-state index is 0. The van der Waals surface area contributed by atoms with E-state index in [0.29, 0.717) is 24.2 Å². The largest absolute Gasteiger partial charge is 1.00 e. The Bertz CT molecular complexity index is 1230. The molecule has 0 aromatic heterocycles. The fourth-order valence-electron chi connectivity index (χ4n) is 3.06. The van der Waals surface area contributed by atoms with Gasteiger partial charge in [-0.25, -0.2) is 19.8 Å². The van der Waals surface area contributed by atoms with Crippen molar-refractivity contribution in [3.8, 4) is 0 Å². The van der Waals surface area contributed by atoms with E-state index in [9.17, 15) is 33.6 Å². The van der Waals surface area contributed by atoms with Gasteiger partial charge in [0.1, 0.15) is 0 Å². The number of carboxylic acid groups (broad SMARTS) is 1. The number of nitrogens with one attached hydrogen (secondary N) is 4. The lowest BCUT2D eigenvalue weighted by Crippen LogP contribution is -3.05. The smallest absolute Gasteiger partial charge is 0.330 e. The molecule has 6 N–H and O–H groups in total. The maximum atomic E-state index is 10.7. The highest BCUT2D eigenvalue weighted by atomic mass is 35.5. The number of hydroxylamine groups is 4. The summed E-state index contributed by atoms with van der Waals surface area (Å²) in [6.07, 6.45) is 2.66. The molecule has 2 saturated heterocycles. The topological polar surface area (TPSA) is 272 Å². The summed E-state index contributed by atoms with van der Waals surface area (Å²) in [7, 11) is 10.1. The number of carbonyl (C=O) groups is 8. The van der Waals surface area contributed by atoms with Crippen LogP contribution in [0, 0.1) is 0 Å². The molecule has 23 heteroatoms. The summed E-state index contributed by atoms with van der Waals surface area (Å²) in [4.78, 5) is 101. The Hall–Kier alpha value is -4.53. The number of amides is 5. The summed E-state index contributed by atoms with van der Waals surface area (Å²) in [5.41, 5.74) is 0. The number of hydrogen-bond donors (Lipinski definition) is 6. The van der Waals surface area contributed by atoms with Crippen LogP contribution < -0.4 is 45.2 Å². The first-order chi connectivity index (χ1) is 25.2. The molecule has 2 fully saturated rings. The SMILES string of the molecule is CC(=O)O.CC(=O)ON1C(=O)CCC1=O.CCN=C=NCCC[NH+](C)C.CCNC(=NCCC[NH+](C)C)OC(C)=O.CNC(C)=O.O=C1CCC(=O)N1O.[Cl-].[Cl-]. The summed E-state index contributed by atoms with van der Waals surface area (Å²) >= 11 is 0. The monoisotopic (exact) mass is 847 g/mol. The predicted molar refractivity (Wildman–Crippen MR) is 196 cm³/mol. The molecule has 0 saturated carbocycles. The fraction of sp³-hybridized carbons (Fsp3) is 0.697. The van der Waals surface area contributed by atoms with Crippen LogP contribution in [-0.2, 0) is 47.9 Å². The van der Waals surface area contributed by atoms with Gasteiger partial charge in [0, 0.05) is 92.9 Å². The molecule has 2 heterocycles. The van der Waals surface area contributed by atoms with Gasteiger partial charge in [0.25, 0.3) is 35.6 Å². The van der Waals surface area contributed by atoms with Crippen LogP contribution in [0.2, 0.25) is 0 Å². The molecule has 0 aromatic rings. The molecule has 5 amide bonds. The Balaban J connectivity index is -0.000000139. The molecular weight excluding hydrogens is 785 g/mol. The summed E-state index contributed by atoms with van der Waals surface area (Å²) in [5, 5.41) is 21.8. The molecule has 0 unspecified atom stereocenters. The van der Waals surface area contributed by atoms with Crippen molar-refractivity contribution in [3.63, 3.8) is 0 Å². The van der Waals surface area contributed by atoms with E-state index in [2.05, 4.69) is 64.6 Å². The highest BCUT2D eigenvalue weighted by Gasteiger charge is 2.31. The number of aliphatic carboxylic acids is 1. The molecule has 2 aliphatic heterocycles. The Morgan fingerprint density at radius 2 is 1.18 bits per heavy atom. The second-order valence-corrected chi connectivity index (χ2v) is 11.5. The molecule has 0 aliphatic carbocycles. The summed E-state index contributed by atoms with van der Waals surface area (Å²) in [6.45, 7) is 14.2. The van der Waals surface area contributed by atoms with Crippen molar-refractivity contribution in [1.82, 2.24) is 20.8 Å². The van der Waals surface area contributed by atoms with E-state index in [4.69, 9.17) is 19.8 Å². The highest BCUT2D eigenvalue weighted by molar-refractivity contribution is 6.01. The molecule has 0 aromatic carbocycles. The molecule has 2 rings (SSSR count). The van der Waals surface area contributed by atoms with Crippen molar-refractivity contribution in [3.05, 3.63) is 0 Å². The zero-order valence-electron chi connectivity index (χ0n) is 34.5. The number of imide groups is 2. The average molecular weight is 849 g/mol. The number of nitrogens with zero attached hydrogens (tertiary/aromatic N) is 5. The van der Waals surface area contributed by atoms with Crippen LogP contribution >= 0.6 is 0 Å². The van der Waals surface area contributed by atoms with Crippen molar-refractivity contribution in [2.75, 3.05) is 74.5 Å². The van der Waals surface area contributed by atoms with E-state index in [1.54, 1.807) is 7.05 Å². The molecular formula is C33H63Cl2N9O12. The maximum Gasteiger partial charge on any atom is 0.330 e. The van der Waals surface area contributed by atoms with E-state index >= 15 is 0 Å². The Morgan fingerprint density at radius 1 is 0.768 bits per heavy atom. The van der Waals surface area contributed by atoms with E-state index in [0.717, 1.165) is 52.9 Å². The zero-order chi connectivity index (χ0) is 42.6. The van der Waals surface area contributed by atoms with Crippen molar-refractivity contribution in [1.29, 1.82) is 0 Å². The van der Waals surface area contributed by atoms with Crippen molar-refractivity contribution in [2.45, 2.75) is 80.1 Å². The van der Waals surface area contributed by atoms with Crippen molar-refractivity contribution < 1.29 is 92.9 Å². The lowest BCUT2D eigenvalue weighted by atomic mass is 10.4. The second kappa shape index (κ2) is 41.6. The van der Waals surface area contributed by atoms with E-state index < -0.39 is 35.6 Å². The number of amidine groups is 1. The number of esters is 1. The zero-order valence-corrected chi connectivity index (χ0v) is 36.0. The molecule has 21 nitrogen and oxygen atoms in total. The van der Waals surface area contributed by atoms with Crippen LogP contribution in [0.4, 0.5) is 0 Å². The molecule has 0 bridgehead atoms. The highest BCUT2D eigenvalue weighted by Crippen LogP contribution is 2.11. The van der Waals surface area contributed by atoms with Gasteiger partial charge in [-0.2, -0.15) is 5.06 Å².